The molecule has 1 spiro atoms. The zero-order valence-electron chi connectivity index (χ0n) is 18.4. The van der Waals surface area contributed by atoms with Crippen molar-refractivity contribution < 1.29 is 19.2 Å². The van der Waals surface area contributed by atoms with Gasteiger partial charge < -0.3 is 10.2 Å². The molecule has 1 unspecified atom stereocenters. The van der Waals surface area contributed by atoms with E-state index in [2.05, 4.69) is 5.32 Å². The van der Waals surface area contributed by atoms with E-state index in [0.29, 0.717) is 24.2 Å². The summed E-state index contributed by atoms with van der Waals surface area (Å²) in [5, 5.41) is 3.02. The molecule has 2 fully saturated rings. The number of carbonyl (C=O) groups is 4. The zero-order valence-corrected chi connectivity index (χ0v) is 19.2. The molecule has 3 aliphatic rings. The Balaban J connectivity index is 1.14. The van der Waals surface area contributed by atoms with E-state index in [0.717, 1.165) is 34.7 Å². The van der Waals surface area contributed by atoms with Crippen LogP contribution in [-0.4, -0.2) is 59.3 Å². The molecular formula is C25H25N3O4S. The summed E-state index contributed by atoms with van der Waals surface area (Å²) >= 11 is 1.66. The van der Waals surface area contributed by atoms with E-state index in [1.807, 2.05) is 30.5 Å². The number of hydrogen-bond acceptors (Lipinski definition) is 5. The number of thioether (sulfide) groups is 1. The number of nitrogens with one attached hydrogen (secondary N) is 1. The Labute approximate surface area is 196 Å². The van der Waals surface area contributed by atoms with E-state index in [1.165, 1.54) is 0 Å². The van der Waals surface area contributed by atoms with Crippen LogP contribution in [0.2, 0.25) is 0 Å². The van der Waals surface area contributed by atoms with Gasteiger partial charge in [-0.3, -0.25) is 24.1 Å². The molecule has 2 heterocycles. The molecule has 1 atom stereocenters. The number of benzene rings is 2. The summed E-state index contributed by atoms with van der Waals surface area (Å²) < 4.78 is 0. The number of nitrogens with zero attached hydrogens (tertiary/aromatic N) is 2. The van der Waals surface area contributed by atoms with Crippen molar-refractivity contribution in [1.29, 1.82) is 0 Å². The average molecular weight is 464 g/mol. The van der Waals surface area contributed by atoms with E-state index in [4.69, 9.17) is 0 Å². The fraction of sp³-hybridized carbons (Fsp3) is 0.360. The van der Waals surface area contributed by atoms with E-state index >= 15 is 0 Å². The Morgan fingerprint density at radius 3 is 2.18 bits per heavy atom. The molecule has 1 saturated heterocycles. The van der Waals surface area contributed by atoms with Crippen LogP contribution in [0, 0.1) is 11.3 Å². The number of rotatable bonds is 5. The summed E-state index contributed by atoms with van der Waals surface area (Å²) in [6.07, 6.45) is 4.36. The molecule has 4 amide bonds. The molecule has 2 aromatic carbocycles. The molecule has 0 aromatic heterocycles. The van der Waals surface area contributed by atoms with E-state index in [9.17, 15) is 19.2 Å². The molecule has 170 valence electrons. The minimum absolute atomic E-state index is 0.0359. The molecule has 0 radical (unpaired) electrons. The summed E-state index contributed by atoms with van der Waals surface area (Å²) in [6.45, 7) is 0.831. The third kappa shape index (κ3) is 3.93. The first kappa shape index (κ1) is 21.7. The summed E-state index contributed by atoms with van der Waals surface area (Å²) in [5.41, 5.74) is 1.45. The maximum Gasteiger partial charge on any atom is 0.262 e. The highest BCUT2D eigenvalue weighted by molar-refractivity contribution is 7.98. The summed E-state index contributed by atoms with van der Waals surface area (Å²) in [6, 6.07) is 14.4. The number of imide groups is 1. The lowest BCUT2D eigenvalue weighted by molar-refractivity contribution is -0.133. The monoisotopic (exact) mass is 463 g/mol. The van der Waals surface area contributed by atoms with Crippen molar-refractivity contribution in [2.24, 2.45) is 11.3 Å². The van der Waals surface area contributed by atoms with Gasteiger partial charge in [0.15, 0.2) is 0 Å². The van der Waals surface area contributed by atoms with Gasteiger partial charge in [0.2, 0.25) is 11.8 Å². The first-order valence-electron chi connectivity index (χ1n) is 11.1. The highest BCUT2D eigenvalue weighted by Gasteiger charge is 2.58. The number of anilines is 1. The van der Waals surface area contributed by atoms with Gasteiger partial charge in [-0.15, -0.1) is 11.8 Å². The largest absolute Gasteiger partial charge is 0.341 e. The van der Waals surface area contributed by atoms with Crippen LogP contribution >= 0.6 is 11.8 Å². The van der Waals surface area contributed by atoms with Crippen molar-refractivity contribution in [3.8, 4) is 0 Å². The van der Waals surface area contributed by atoms with Gasteiger partial charge in [0.25, 0.3) is 11.8 Å². The predicted molar refractivity (Wildman–Crippen MR) is 125 cm³/mol. The van der Waals surface area contributed by atoms with Gasteiger partial charge in [-0.2, -0.15) is 0 Å². The molecule has 1 saturated carbocycles. The Morgan fingerprint density at radius 1 is 1.00 bits per heavy atom. The average Bonchev–Trinajstić information content (AvgIpc) is 3.49. The zero-order chi connectivity index (χ0) is 23.2. The van der Waals surface area contributed by atoms with Crippen molar-refractivity contribution >= 4 is 41.1 Å². The molecular weight excluding hydrogens is 438 g/mol. The second-order valence-corrected chi connectivity index (χ2v) is 9.84. The summed E-state index contributed by atoms with van der Waals surface area (Å²) in [5.74, 6) is -1.05. The number of amides is 4. The molecule has 5 rings (SSSR count). The van der Waals surface area contributed by atoms with Gasteiger partial charge in [-0.25, -0.2) is 0 Å². The molecule has 1 aliphatic carbocycles. The highest BCUT2D eigenvalue weighted by Crippen LogP contribution is 2.59. The van der Waals surface area contributed by atoms with Crippen LogP contribution in [0.25, 0.3) is 0 Å². The number of carbonyl (C=O) groups excluding carboxylic acids is 4. The Hall–Kier alpha value is -3.13. The summed E-state index contributed by atoms with van der Waals surface area (Å²) in [7, 11) is 0. The molecule has 2 aliphatic heterocycles. The lowest BCUT2D eigenvalue weighted by atomic mass is 9.90. The van der Waals surface area contributed by atoms with E-state index < -0.39 is 11.8 Å². The van der Waals surface area contributed by atoms with Crippen LogP contribution in [0.3, 0.4) is 0 Å². The van der Waals surface area contributed by atoms with Crippen molar-refractivity contribution in [3.05, 3.63) is 59.7 Å². The smallest absolute Gasteiger partial charge is 0.262 e. The third-order valence-corrected chi connectivity index (χ3v) is 7.89. The molecule has 1 N–H and O–H groups in total. The Morgan fingerprint density at radius 2 is 1.61 bits per heavy atom. The van der Waals surface area contributed by atoms with Gasteiger partial charge in [0, 0.05) is 29.6 Å². The SMILES string of the molecule is CSc1ccc(NC(=O)C2CC23CCN(C(=O)CN2C(=O)c4ccccc4C2=O)CC3)cc1. The van der Waals surface area contributed by atoms with Crippen molar-refractivity contribution in [2.45, 2.75) is 24.2 Å². The number of fused-ring (bicyclic) bond motifs is 1. The maximum atomic E-state index is 12.8. The van der Waals surface area contributed by atoms with Crippen molar-refractivity contribution in [1.82, 2.24) is 9.80 Å². The molecule has 33 heavy (non-hydrogen) atoms. The van der Waals surface area contributed by atoms with Gasteiger partial charge in [0.1, 0.15) is 6.54 Å². The van der Waals surface area contributed by atoms with Crippen LogP contribution in [0.15, 0.2) is 53.4 Å². The second-order valence-electron chi connectivity index (χ2n) is 8.96. The van der Waals surface area contributed by atoms with E-state index in [-0.39, 0.29) is 29.7 Å². The molecule has 7 nitrogen and oxygen atoms in total. The van der Waals surface area contributed by atoms with Crippen LogP contribution in [0.5, 0.6) is 0 Å². The molecule has 8 heteroatoms. The third-order valence-electron chi connectivity index (χ3n) is 7.15. The molecule has 0 bridgehead atoms. The number of piperidine rings is 1. The number of likely N-dealkylation sites (tertiary alicyclic amines) is 1. The van der Waals surface area contributed by atoms with Gasteiger partial charge in [0.05, 0.1) is 11.1 Å². The Kier molecular flexibility index (Phi) is 5.48. The lowest BCUT2D eigenvalue weighted by Gasteiger charge is -2.33. The normalized spacial score (nSPS) is 20.7. The minimum atomic E-state index is -0.415. The quantitative estimate of drug-likeness (QED) is 0.543. The second kappa shape index (κ2) is 8.33. The first-order chi connectivity index (χ1) is 15.9. The predicted octanol–water partition coefficient (Wildman–Crippen LogP) is 3.27. The fourth-order valence-corrected chi connectivity index (χ4v) is 5.40. The standard InChI is InChI=1S/C25H25N3O4S/c1-33-17-8-6-16(7-9-17)26-22(30)20-14-25(20)10-12-27(13-11-25)21(29)15-28-23(31)18-4-2-3-5-19(18)24(28)32/h2-9,20H,10-15H2,1H3,(H,26,30). The van der Waals surface area contributed by atoms with Crippen LogP contribution < -0.4 is 5.32 Å². The molecule has 2 aromatic rings. The summed E-state index contributed by atoms with van der Waals surface area (Å²) in [4.78, 5) is 54.5. The highest BCUT2D eigenvalue weighted by atomic mass is 32.2. The van der Waals surface area contributed by atoms with Crippen molar-refractivity contribution in [3.63, 3.8) is 0 Å². The van der Waals surface area contributed by atoms with Crippen LogP contribution in [-0.2, 0) is 9.59 Å². The minimum Gasteiger partial charge on any atom is -0.341 e. The first-order valence-corrected chi connectivity index (χ1v) is 12.3. The van der Waals surface area contributed by atoms with Gasteiger partial charge >= 0.3 is 0 Å². The Bertz CT molecular complexity index is 1100. The van der Waals surface area contributed by atoms with Gasteiger partial charge in [-0.1, -0.05) is 12.1 Å². The van der Waals surface area contributed by atoms with Crippen LogP contribution in [0.1, 0.15) is 40.0 Å². The van der Waals surface area contributed by atoms with Gasteiger partial charge in [-0.05, 0) is 67.3 Å². The lowest BCUT2D eigenvalue weighted by Crippen LogP contribution is -2.46. The maximum absolute atomic E-state index is 12.8. The van der Waals surface area contributed by atoms with E-state index in [1.54, 1.807) is 40.9 Å². The van der Waals surface area contributed by atoms with Crippen LogP contribution in [0.4, 0.5) is 5.69 Å². The number of hydrogen-bond donors (Lipinski definition) is 1. The topological polar surface area (TPSA) is 86.8 Å². The van der Waals surface area contributed by atoms with Crippen molar-refractivity contribution in [2.75, 3.05) is 31.2 Å². The fourth-order valence-electron chi connectivity index (χ4n) is 4.99.